The lowest BCUT2D eigenvalue weighted by molar-refractivity contribution is 0.103. The lowest BCUT2D eigenvalue weighted by Crippen LogP contribution is -2.01. The van der Waals surface area contributed by atoms with Crippen LogP contribution in [-0.4, -0.2) is 5.78 Å². The van der Waals surface area contributed by atoms with Crippen LogP contribution in [0.3, 0.4) is 0 Å². The number of benzene rings is 1. The van der Waals surface area contributed by atoms with Crippen molar-refractivity contribution in [2.45, 2.75) is 20.8 Å². The number of carbonyl (C=O) groups excluding carboxylic acids is 1. The molecule has 0 bridgehead atoms. The van der Waals surface area contributed by atoms with Crippen LogP contribution >= 0.6 is 15.9 Å². The van der Waals surface area contributed by atoms with Gasteiger partial charge in [-0.2, -0.15) is 0 Å². The van der Waals surface area contributed by atoms with E-state index in [0.29, 0.717) is 0 Å². The number of allylic oxidation sites excluding steroid dienone is 2. The molecule has 0 aliphatic heterocycles. The number of rotatable bonds is 2. The van der Waals surface area contributed by atoms with Crippen LogP contribution in [0.25, 0.3) is 0 Å². The average molecular weight is 253 g/mol. The van der Waals surface area contributed by atoms with Crippen LogP contribution in [0.5, 0.6) is 0 Å². The second-order valence-corrected chi connectivity index (χ2v) is 4.14. The third-order valence-corrected chi connectivity index (χ3v) is 2.85. The molecule has 1 aromatic carbocycles. The van der Waals surface area contributed by atoms with Crippen LogP contribution in [0.1, 0.15) is 29.8 Å². The zero-order valence-electron chi connectivity index (χ0n) is 8.60. The molecule has 1 nitrogen and oxygen atoms in total. The highest BCUT2D eigenvalue weighted by atomic mass is 79.9. The Kier molecular flexibility index (Phi) is 3.64. The summed E-state index contributed by atoms with van der Waals surface area (Å²) in [4.78, 5) is 11.9. The van der Waals surface area contributed by atoms with E-state index < -0.39 is 0 Å². The molecule has 0 atom stereocenters. The van der Waals surface area contributed by atoms with Gasteiger partial charge in [0.05, 0.1) is 0 Å². The molecule has 14 heavy (non-hydrogen) atoms. The van der Waals surface area contributed by atoms with Gasteiger partial charge in [0.15, 0.2) is 5.78 Å². The molecule has 2 heteroatoms. The number of hydrogen-bond donors (Lipinski definition) is 0. The van der Waals surface area contributed by atoms with Crippen molar-refractivity contribution in [1.82, 2.24) is 0 Å². The molecule has 0 radical (unpaired) electrons. The fraction of sp³-hybridized carbons (Fsp3) is 0.250. The van der Waals surface area contributed by atoms with Gasteiger partial charge in [0.1, 0.15) is 0 Å². The zero-order valence-corrected chi connectivity index (χ0v) is 10.2. The van der Waals surface area contributed by atoms with Crippen LogP contribution in [0.15, 0.2) is 34.3 Å². The van der Waals surface area contributed by atoms with Crippen molar-refractivity contribution in [2.24, 2.45) is 0 Å². The van der Waals surface area contributed by atoms with E-state index in [4.69, 9.17) is 0 Å². The third-order valence-electron chi connectivity index (χ3n) is 2.16. The molecule has 74 valence electrons. The Hall–Kier alpha value is -0.890. The summed E-state index contributed by atoms with van der Waals surface area (Å²) in [5.74, 6) is 0.0862. The zero-order chi connectivity index (χ0) is 10.7. The molecule has 0 spiro atoms. The molecule has 0 N–H and O–H groups in total. The number of ketones is 1. The summed E-state index contributed by atoms with van der Waals surface area (Å²) in [6, 6.07) is 5.79. The topological polar surface area (TPSA) is 17.1 Å². The number of halogens is 1. The summed E-state index contributed by atoms with van der Waals surface area (Å²) < 4.78 is 0.856. The molecule has 0 aliphatic rings. The highest BCUT2D eigenvalue weighted by molar-refractivity contribution is 9.10. The molecule has 1 aromatic rings. The first-order valence-corrected chi connectivity index (χ1v) is 5.29. The summed E-state index contributed by atoms with van der Waals surface area (Å²) >= 11 is 3.38. The van der Waals surface area contributed by atoms with Crippen molar-refractivity contribution in [3.8, 4) is 0 Å². The van der Waals surface area contributed by atoms with Crippen LogP contribution < -0.4 is 0 Å². The van der Waals surface area contributed by atoms with E-state index in [1.807, 2.05) is 45.0 Å². The van der Waals surface area contributed by atoms with E-state index in [2.05, 4.69) is 15.9 Å². The van der Waals surface area contributed by atoms with Crippen LogP contribution in [0.4, 0.5) is 0 Å². The number of aryl methyl sites for hydroxylation is 1. The first-order chi connectivity index (χ1) is 6.56. The van der Waals surface area contributed by atoms with E-state index in [-0.39, 0.29) is 5.78 Å². The Bertz CT molecular complexity index is 391. The Morgan fingerprint density at radius 1 is 1.43 bits per heavy atom. The summed E-state index contributed by atoms with van der Waals surface area (Å²) in [6.07, 6.45) is 1.83. The van der Waals surface area contributed by atoms with E-state index in [1.54, 1.807) is 0 Å². The molecule has 0 amide bonds. The molecular weight excluding hydrogens is 240 g/mol. The summed E-state index contributed by atoms with van der Waals surface area (Å²) in [6.45, 7) is 5.68. The molecule has 0 saturated heterocycles. The molecule has 0 heterocycles. The minimum atomic E-state index is 0.0862. The van der Waals surface area contributed by atoms with Gasteiger partial charge in [-0.15, -0.1) is 0 Å². The van der Waals surface area contributed by atoms with E-state index in [1.165, 1.54) is 0 Å². The summed E-state index contributed by atoms with van der Waals surface area (Å²) in [7, 11) is 0. The van der Waals surface area contributed by atoms with Crippen molar-refractivity contribution >= 4 is 21.7 Å². The van der Waals surface area contributed by atoms with Gasteiger partial charge in [-0.05, 0) is 38.5 Å². The molecule has 0 aromatic heterocycles. The maximum atomic E-state index is 11.9. The first kappa shape index (κ1) is 11.2. The van der Waals surface area contributed by atoms with Crippen molar-refractivity contribution in [2.75, 3.05) is 0 Å². The maximum absolute atomic E-state index is 11.9. The minimum absolute atomic E-state index is 0.0862. The molecule has 0 aliphatic carbocycles. The van der Waals surface area contributed by atoms with Gasteiger partial charge in [-0.25, -0.2) is 0 Å². The van der Waals surface area contributed by atoms with Gasteiger partial charge in [-0.3, -0.25) is 4.79 Å². The Labute approximate surface area is 93.0 Å². The predicted molar refractivity (Wildman–Crippen MR) is 62.6 cm³/mol. The van der Waals surface area contributed by atoms with Gasteiger partial charge < -0.3 is 0 Å². The van der Waals surface area contributed by atoms with E-state index >= 15 is 0 Å². The van der Waals surface area contributed by atoms with Crippen molar-refractivity contribution in [3.05, 3.63) is 45.4 Å². The second kappa shape index (κ2) is 4.56. The lowest BCUT2D eigenvalue weighted by Gasteiger charge is -2.04. The average Bonchev–Trinajstić information content (AvgIpc) is 2.19. The van der Waals surface area contributed by atoms with Crippen molar-refractivity contribution < 1.29 is 4.79 Å². The van der Waals surface area contributed by atoms with Crippen LogP contribution in [-0.2, 0) is 0 Å². The smallest absolute Gasteiger partial charge is 0.189 e. The molecule has 1 rings (SSSR count). The van der Waals surface area contributed by atoms with Gasteiger partial charge >= 0.3 is 0 Å². The highest BCUT2D eigenvalue weighted by Crippen LogP contribution is 2.20. The molecule has 0 saturated carbocycles. The van der Waals surface area contributed by atoms with E-state index in [0.717, 1.165) is 21.2 Å². The fourth-order valence-corrected chi connectivity index (χ4v) is 1.58. The molecule has 0 unspecified atom stereocenters. The Morgan fingerprint density at radius 3 is 2.64 bits per heavy atom. The van der Waals surface area contributed by atoms with Crippen LogP contribution in [0, 0.1) is 6.92 Å². The van der Waals surface area contributed by atoms with Gasteiger partial charge in [0.25, 0.3) is 0 Å². The minimum Gasteiger partial charge on any atom is -0.289 e. The summed E-state index contributed by atoms with van der Waals surface area (Å²) in [5.41, 5.74) is 2.61. The third kappa shape index (κ3) is 2.32. The van der Waals surface area contributed by atoms with Gasteiger partial charge in [0.2, 0.25) is 0 Å². The van der Waals surface area contributed by atoms with Crippen molar-refractivity contribution in [1.29, 1.82) is 0 Å². The lowest BCUT2D eigenvalue weighted by atomic mass is 10.0. The highest BCUT2D eigenvalue weighted by Gasteiger charge is 2.10. The normalized spacial score (nSPS) is 11.6. The second-order valence-electron chi connectivity index (χ2n) is 3.28. The standard InChI is InChI=1S/C12H13BrO/c1-4-9(3)12(14)10-7-8(2)5-6-11(10)13/h4-7H,1-3H3/b9-4+. The number of hydrogen-bond acceptors (Lipinski definition) is 1. The predicted octanol–water partition coefficient (Wildman–Crippen LogP) is 3.91. The quantitative estimate of drug-likeness (QED) is 0.577. The van der Waals surface area contributed by atoms with E-state index in [9.17, 15) is 4.79 Å². The Morgan fingerprint density at radius 2 is 2.07 bits per heavy atom. The Balaban J connectivity index is 3.19. The monoisotopic (exact) mass is 252 g/mol. The number of Topliss-reactive ketones (excluding diaryl/α,β-unsaturated/α-hetero) is 1. The van der Waals surface area contributed by atoms with Crippen molar-refractivity contribution in [3.63, 3.8) is 0 Å². The van der Waals surface area contributed by atoms with Gasteiger partial charge in [-0.1, -0.05) is 33.6 Å². The SMILES string of the molecule is C/C=C(\C)C(=O)c1cc(C)ccc1Br. The largest absolute Gasteiger partial charge is 0.289 e. The summed E-state index contributed by atoms with van der Waals surface area (Å²) in [5, 5.41) is 0. The maximum Gasteiger partial charge on any atom is 0.189 e. The van der Waals surface area contributed by atoms with Gasteiger partial charge in [0, 0.05) is 10.0 Å². The fourth-order valence-electron chi connectivity index (χ4n) is 1.16. The first-order valence-electron chi connectivity index (χ1n) is 4.50. The molecule has 0 fully saturated rings. The molecular formula is C12H13BrO. The van der Waals surface area contributed by atoms with Crippen LogP contribution in [0.2, 0.25) is 0 Å². The number of carbonyl (C=O) groups is 1.